The molecule has 1 aromatic carbocycles. The fourth-order valence-electron chi connectivity index (χ4n) is 2.76. The molecule has 0 unspecified atom stereocenters. The summed E-state index contributed by atoms with van der Waals surface area (Å²) in [5.74, 6) is 0.816. The van der Waals surface area contributed by atoms with Gasteiger partial charge in [0.1, 0.15) is 11.6 Å². The molecule has 1 aliphatic rings. The maximum absolute atomic E-state index is 13.7. The Morgan fingerprint density at radius 2 is 2.14 bits per heavy atom. The predicted molar refractivity (Wildman–Crippen MR) is 80.2 cm³/mol. The van der Waals surface area contributed by atoms with Crippen molar-refractivity contribution in [2.75, 3.05) is 6.54 Å². The third-order valence-corrected chi connectivity index (χ3v) is 3.89. The average molecular weight is 285 g/mol. The van der Waals surface area contributed by atoms with E-state index in [9.17, 15) is 4.39 Å². The molecule has 0 amide bonds. The molecule has 0 saturated carbocycles. The van der Waals surface area contributed by atoms with E-state index in [0.717, 1.165) is 43.7 Å². The van der Waals surface area contributed by atoms with E-state index < -0.39 is 0 Å². The summed E-state index contributed by atoms with van der Waals surface area (Å²) in [6, 6.07) is 6.99. The van der Waals surface area contributed by atoms with Crippen LogP contribution in [0.5, 0.6) is 0 Å². The Hall–Kier alpha value is -1.81. The third kappa shape index (κ3) is 3.27. The molecule has 0 spiro atoms. The zero-order chi connectivity index (χ0) is 14.7. The molecule has 0 fully saturated rings. The van der Waals surface area contributed by atoms with Crippen molar-refractivity contribution < 1.29 is 4.39 Å². The molecule has 0 saturated heterocycles. The molecule has 21 heavy (non-hydrogen) atoms. The summed E-state index contributed by atoms with van der Waals surface area (Å²) in [7, 11) is 0. The van der Waals surface area contributed by atoms with Gasteiger partial charge in [0.05, 0.1) is 0 Å². The molecular formula is C17H20FN3. The normalized spacial score (nSPS) is 15.0. The van der Waals surface area contributed by atoms with Crippen LogP contribution in [0.4, 0.5) is 4.39 Å². The van der Waals surface area contributed by atoms with Crippen LogP contribution >= 0.6 is 0 Å². The molecule has 2 heterocycles. The van der Waals surface area contributed by atoms with Gasteiger partial charge >= 0.3 is 0 Å². The van der Waals surface area contributed by atoms with Crippen molar-refractivity contribution in [2.24, 2.45) is 0 Å². The summed E-state index contributed by atoms with van der Waals surface area (Å²) < 4.78 is 13.7. The van der Waals surface area contributed by atoms with Crippen LogP contribution in [0.3, 0.4) is 0 Å². The lowest BCUT2D eigenvalue weighted by Gasteiger charge is -2.28. The second-order valence-electron chi connectivity index (χ2n) is 5.56. The minimum absolute atomic E-state index is 0.127. The van der Waals surface area contributed by atoms with E-state index in [0.29, 0.717) is 6.54 Å². The van der Waals surface area contributed by atoms with Gasteiger partial charge in [-0.05, 0) is 12.5 Å². The molecule has 0 atom stereocenters. The van der Waals surface area contributed by atoms with E-state index in [1.165, 1.54) is 17.3 Å². The summed E-state index contributed by atoms with van der Waals surface area (Å²) in [4.78, 5) is 11.3. The van der Waals surface area contributed by atoms with Gasteiger partial charge in [-0.2, -0.15) is 0 Å². The lowest BCUT2D eigenvalue weighted by atomic mass is 10.1. The van der Waals surface area contributed by atoms with Crippen molar-refractivity contribution in [3.63, 3.8) is 0 Å². The molecule has 0 radical (unpaired) electrons. The second kappa shape index (κ2) is 6.31. The van der Waals surface area contributed by atoms with Crippen LogP contribution in [-0.4, -0.2) is 21.4 Å². The largest absolute Gasteiger partial charge is 0.294 e. The van der Waals surface area contributed by atoms with Gasteiger partial charge in [-0.15, -0.1) is 0 Å². The summed E-state index contributed by atoms with van der Waals surface area (Å²) in [6.07, 6.45) is 4.87. The molecule has 0 bridgehead atoms. The average Bonchev–Trinajstić information content (AvgIpc) is 2.50. The highest BCUT2D eigenvalue weighted by molar-refractivity contribution is 5.22. The Labute approximate surface area is 124 Å². The second-order valence-corrected chi connectivity index (χ2v) is 5.56. The first-order valence-electron chi connectivity index (χ1n) is 7.55. The molecule has 1 aliphatic heterocycles. The Morgan fingerprint density at radius 3 is 2.95 bits per heavy atom. The molecule has 1 aromatic heterocycles. The van der Waals surface area contributed by atoms with Gasteiger partial charge in [-0.3, -0.25) is 4.90 Å². The van der Waals surface area contributed by atoms with Crippen molar-refractivity contribution in [3.05, 3.63) is 58.9 Å². The minimum Gasteiger partial charge on any atom is -0.294 e. The summed E-state index contributed by atoms with van der Waals surface area (Å²) in [5.41, 5.74) is 3.10. The maximum atomic E-state index is 13.7. The van der Waals surface area contributed by atoms with Crippen molar-refractivity contribution in [1.29, 1.82) is 0 Å². The van der Waals surface area contributed by atoms with E-state index in [4.69, 9.17) is 0 Å². The highest BCUT2D eigenvalue weighted by Crippen LogP contribution is 2.19. The highest BCUT2D eigenvalue weighted by atomic mass is 19.1. The minimum atomic E-state index is -0.127. The number of hydrogen-bond donors (Lipinski definition) is 0. The van der Waals surface area contributed by atoms with E-state index in [1.54, 1.807) is 6.07 Å². The monoisotopic (exact) mass is 285 g/mol. The number of aromatic nitrogens is 2. The summed E-state index contributed by atoms with van der Waals surface area (Å²) in [6.45, 7) is 4.50. The predicted octanol–water partition coefficient (Wildman–Crippen LogP) is 3.13. The van der Waals surface area contributed by atoms with E-state index in [1.807, 2.05) is 18.3 Å². The lowest BCUT2D eigenvalue weighted by Crippen LogP contribution is -2.31. The van der Waals surface area contributed by atoms with Crippen molar-refractivity contribution in [2.45, 2.75) is 39.3 Å². The van der Waals surface area contributed by atoms with Gasteiger partial charge in [0.15, 0.2) is 0 Å². The van der Waals surface area contributed by atoms with Crippen LogP contribution in [-0.2, 0) is 25.9 Å². The Morgan fingerprint density at radius 1 is 1.29 bits per heavy atom. The maximum Gasteiger partial charge on any atom is 0.128 e. The summed E-state index contributed by atoms with van der Waals surface area (Å²) >= 11 is 0. The van der Waals surface area contributed by atoms with E-state index in [-0.39, 0.29) is 5.82 Å². The quantitative estimate of drug-likeness (QED) is 0.864. The van der Waals surface area contributed by atoms with Gasteiger partial charge in [0.25, 0.3) is 0 Å². The van der Waals surface area contributed by atoms with Gasteiger partial charge in [-0.25, -0.2) is 14.4 Å². The van der Waals surface area contributed by atoms with Crippen LogP contribution in [0.15, 0.2) is 30.5 Å². The van der Waals surface area contributed by atoms with Crippen LogP contribution in [0.2, 0.25) is 0 Å². The number of rotatable bonds is 4. The zero-order valence-corrected chi connectivity index (χ0v) is 12.3. The van der Waals surface area contributed by atoms with Gasteiger partial charge in [0.2, 0.25) is 0 Å². The topological polar surface area (TPSA) is 29.0 Å². The number of hydrogen-bond acceptors (Lipinski definition) is 3. The van der Waals surface area contributed by atoms with Crippen LogP contribution in [0, 0.1) is 5.82 Å². The Bertz CT molecular complexity index is 627. The summed E-state index contributed by atoms with van der Waals surface area (Å²) in [5, 5.41) is 0. The van der Waals surface area contributed by atoms with Crippen LogP contribution in [0.1, 0.15) is 36.0 Å². The number of aryl methyl sites for hydroxylation is 1. The first kappa shape index (κ1) is 14.1. The highest BCUT2D eigenvalue weighted by Gasteiger charge is 2.19. The van der Waals surface area contributed by atoms with Crippen molar-refractivity contribution >= 4 is 0 Å². The molecule has 0 aliphatic carbocycles. The van der Waals surface area contributed by atoms with Crippen molar-refractivity contribution in [1.82, 2.24) is 14.9 Å². The molecule has 110 valence electrons. The number of nitrogens with zero attached hydrogens (tertiary/aromatic N) is 3. The zero-order valence-electron chi connectivity index (χ0n) is 12.3. The van der Waals surface area contributed by atoms with Gasteiger partial charge in [-0.1, -0.05) is 25.1 Å². The van der Waals surface area contributed by atoms with Crippen LogP contribution in [0.25, 0.3) is 0 Å². The molecule has 2 aromatic rings. The van der Waals surface area contributed by atoms with Crippen molar-refractivity contribution in [3.8, 4) is 0 Å². The Kier molecular flexibility index (Phi) is 4.25. The lowest BCUT2D eigenvalue weighted by molar-refractivity contribution is 0.239. The fraction of sp³-hybridized carbons (Fsp3) is 0.412. The molecule has 3 rings (SSSR count). The molecule has 0 N–H and O–H groups in total. The number of fused-ring (bicyclic) bond motifs is 1. The molecule has 3 nitrogen and oxygen atoms in total. The first-order valence-corrected chi connectivity index (χ1v) is 7.55. The standard InChI is InChI=1S/C17H20FN3/c1-2-5-17-19-10-14-12-21(9-8-16(14)20-17)11-13-6-3-4-7-15(13)18/h3-4,6-7,10H,2,5,8-9,11-12H2,1H3. The smallest absolute Gasteiger partial charge is 0.128 e. The van der Waals surface area contributed by atoms with E-state index in [2.05, 4.69) is 21.8 Å². The van der Waals surface area contributed by atoms with Gasteiger partial charge < -0.3 is 0 Å². The van der Waals surface area contributed by atoms with E-state index >= 15 is 0 Å². The SMILES string of the molecule is CCCc1ncc2c(n1)CCN(Cc1ccccc1F)C2. The third-order valence-electron chi connectivity index (χ3n) is 3.89. The number of benzene rings is 1. The van der Waals surface area contributed by atoms with Crippen LogP contribution < -0.4 is 0 Å². The van der Waals surface area contributed by atoms with Gasteiger partial charge in [0, 0.05) is 55.5 Å². The molecule has 4 heteroatoms. The molecular weight excluding hydrogens is 265 g/mol. The first-order chi connectivity index (χ1) is 10.3. The Balaban J connectivity index is 1.71. The number of halogens is 1. The fourth-order valence-corrected chi connectivity index (χ4v) is 2.76.